The molecule has 3 N–H and O–H groups in total. The number of amides is 1. The fraction of sp³-hybridized carbons (Fsp3) is 0.385. The number of hydrogen-bond acceptors (Lipinski definition) is 3. The zero-order chi connectivity index (χ0) is 13.6. The third-order valence-electron chi connectivity index (χ3n) is 2.82. The smallest absolute Gasteiger partial charge is 0.290 e. The predicted molar refractivity (Wildman–Crippen MR) is 67.8 cm³/mol. The summed E-state index contributed by atoms with van der Waals surface area (Å²) in [6.07, 6.45) is 1.65. The maximum Gasteiger partial charge on any atom is 0.290 e. The van der Waals surface area contributed by atoms with Gasteiger partial charge in [-0.05, 0) is 18.4 Å². The van der Waals surface area contributed by atoms with Gasteiger partial charge in [-0.25, -0.2) is 0 Å². The van der Waals surface area contributed by atoms with Gasteiger partial charge in [-0.15, -0.1) is 0 Å². The summed E-state index contributed by atoms with van der Waals surface area (Å²) in [5.74, 6) is 0.0614. The molecule has 1 fully saturated rings. The normalized spacial score (nSPS) is 15.0. The Bertz CT molecular complexity index is 402. The number of nitrogens with zero attached hydrogens (tertiary/aromatic N) is 1. The van der Waals surface area contributed by atoms with Crippen molar-refractivity contribution in [3.63, 3.8) is 0 Å². The number of rotatable bonds is 3. The van der Waals surface area contributed by atoms with E-state index in [9.17, 15) is 4.79 Å². The van der Waals surface area contributed by atoms with Crippen LogP contribution in [0.3, 0.4) is 0 Å². The molecule has 1 aromatic rings. The first-order valence-corrected chi connectivity index (χ1v) is 5.70. The minimum Gasteiger partial charge on any atom is -0.483 e. The van der Waals surface area contributed by atoms with Gasteiger partial charge in [0.15, 0.2) is 0 Å². The van der Waals surface area contributed by atoms with E-state index in [1.807, 2.05) is 37.4 Å². The molecule has 0 unspecified atom stereocenters. The summed E-state index contributed by atoms with van der Waals surface area (Å²) in [6.45, 7) is 0.388. The molecular weight excluding hydrogens is 232 g/mol. The zero-order valence-electron chi connectivity index (χ0n) is 10.4. The molecule has 0 atom stereocenters. The molecule has 1 saturated carbocycles. The molecule has 1 aliphatic carbocycles. The summed E-state index contributed by atoms with van der Waals surface area (Å²) in [5.41, 5.74) is 6.44. The van der Waals surface area contributed by atoms with Crippen molar-refractivity contribution in [1.29, 1.82) is 0 Å². The second-order valence-electron chi connectivity index (χ2n) is 4.41. The van der Waals surface area contributed by atoms with Crippen LogP contribution in [0.1, 0.15) is 18.4 Å². The number of hydrogen-bond donors (Lipinski definition) is 2. The van der Waals surface area contributed by atoms with Crippen molar-refractivity contribution in [2.45, 2.75) is 24.9 Å². The molecule has 0 spiro atoms. The van der Waals surface area contributed by atoms with E-state index in [-0.39, 0.29) is 12.4 Å². The van der Waals surface area contributed by atoms with Gasteiger partial charge in [0.1, 0.15) is 0 Å². The van der Waals surface area contributed by atoms with E-state index in [4.69, 9.17) is 15.6 Å². The van der Waals surface area contributed by atoms with Crippen LogP contribution in [0.2, 0.25) is 0 Å². The van der Waals surface area contributed by atoms with Gasteiger partial charge in [0, 0.05) is 13.6 Å². The molecule has 2 rings (SSSR count). The molecule has 0 saturated heterocycles. The van der Waals surface area contributed by atoms with Crippen LogP contribution in [0.5, 0.6) is 0 Å². The molecule has 98 valence electrons. The monoisotopic (exact) mass is 250 g/mol. The summed E-state index contributed by atoms with van der Waals surface area (Å²) in [5, 5.41) is 6.89. The summed E-state index contributed by atoms with van der Waals surface area (Å²) in [7, 11) is 1.81. The first-order chi connectivity index (χ1) is 8.53. The van der Waals surface area contributed by atoms with E-state index in [1.54, 1.807) is 4.90 Å². The first-order valence-electron chi connectivity index (χ1n) is 5.70. The van der Waals surface area contributed by atoms with Crippen molar-refractivity contribution in [3.8, 4) is 0 Å². The number of benzene rings is 1. The van der Waals surface area contributed by atoms with Crippen LogP contribution < -0.4 is 5.73 Å². The molecule has 1 aliphatic rings. The minimum absolute atomic E-state index is 0.0614. The molecule has 0 heterocycles. The fourth-order valence-electron chi connectivity index (χ4n) is 1.66. The Morgan fingerprint density at radius 1 is 1.44 bits per heavy atom. The number of nitrogens with two attached hydrogens (primary N) is 1. The van der Waals surface area contributed by atoms with E-state index in [1.165, 1.54) is 0 Å². The third-order valence-corrected chi connectivity index (χ3v) is 2.82. The Kier molecular flexibility index (Phi) is 4.85. The third kappa shape index (κ3) is 3.85. The maximum atomic E-state index is 11.8. The van der Waals surface area contributed by atoms with Gasteiger partial charge in [0.05, 0.1) is 5.54 Å². The van der Waals surface area contributed by atoms with Crippen molar-refractivity contribution < 1.29 is 14.7 Å². The SMILES string of the molecule is CN(Cc1ccccc1)C(=O)C1(N)CC1.O=CO. The van der Waals surface area contributed by atoms with E-state index in [0.29, 0.717) is 6.54 Å². The molecule has 5 heteroatoms. The summed E-state index contributed by atoms with van der Waals surface area (Å²) < 4.78 is 0. The zero-order valence-corrected chi connectivity index (χ0v) is 10.4. The highest BCUT2D eigenvalue weighted by molar-refractivity contribution is 5.88. The standard InChI is InChI=1S/C12H16N2O.CH2O2/c1-14(11(15)12(13)7-8-12)9-10-5-3-2-4-6-10;2-1-3/h2-6H,7-9,13H2,1H3;1H,(H,2,3). The second-order valence-corrected chi connectivity index (χ2v) is 4.41. The second kappa shape index (κ2) is 6.16. The molecule has 18 heavy (non-hydrogen) atoms. The average molecular weight is 250 g/mol. The quantitative estimate of drug-likeness (QED) is 0.778. The van der Waals surface area contributed by atoms with Crippen LogP contribution in [0.15, 0.2) is 30.3 Å². The topological polar surface area (TPSA) is 83.6 Å². The van der Waals surface area contributed by atoms with Gasteiger partial charge in [-0.3, -0.25) is 9.59 Å². The highest BCUT2D eigenvalue weighted by Crippen LogP contribution is 2.34. The molecule has 1 aromatic carbocycles. The van der Waals surface area contributed by atoms with Gasteiger partial charge in [0.2, 0.25) is 5.91 Å². The summed E-state index contributed by atoms with van der Waals surface area (Å²) >= 11 is 0. The van der Waals surface area contributed by atoms with Gasteiger partial charge < -0.3 is 15.7 Å². The lowest BCUT2D eigenvalue weighted by Crippen LogP contribution is -2.43. The molecule has 0 aliphatic heterocycles. The Labute approximate surface area is 106 Å². The van der Waals surface area contributed by atoms with Gasteiger partial charge in [-0.2, -0.15) is 0 Å². The van der Waals surface area contributed by atoms with E-state index < -0.39 is 5.54 Å². The van der Waals surface area contributed by atoms with Gasteiger partial charge in [0.25, 0.3) is 6.47 Å². The van der Waals surface area contributed by atoms with Crippen molar-refractivity contribution in [2.24, 2.45) is 5.73 Å². The van der Waals surface area contributed by atoms with Crippen LogP contribution in [0.4, 0.5) is 0 Å². The lowest BCUT2D eigenvalue weighted by molar-refractivity contribution is -0.132. The largest absolute Gasteiger partial charge is 0.483 e. The lowest BCUT2D eigenvalue weighted by Gasteiger charge is -2.20. The Morgan fingerprint density at radius 3 is 2.39 bits per heavy atom. The van der Waals surface area contributed by atoms with E-state index in [2.05, 4.69) is 0 Å². The van der Waals surface area contributed by atoms with Crippen LogP contribution >= 0.6 is 0 Å². The predicted octanol–water partition coefficient (Wildman–Crippen LogP) is 0.837. The number of carboxylic acid groups (broad SMARTS) is 1. The maximum absolute atomic E-state index is 11.8. The highest BCUT2D eigenvalue weighted by Gasteiger charge is 2.47. The van der Waals surface area contributed by atoms with Crippen molar-refractivity contribution in [1.82, 2.24) is 4.90 Å². The van der Waals surface area contributed by atoms with Crippen molar-refractivity contribution in [3.05, 3.63) is 35.9 Å². The Morgan fingerprint density at radius 2 is 1.94 bits per heavy atom. The minimum atomic E-state index is -0.552. The number of carbonyl (C=O) groups is 2. The van der Waals surface area contributed by atoms with Crippen LogP contribution in [-0.4, -0.2) is 35.0 Å². The highest BCUT2D eigenvalue weighted by atomic mass is 16.3. The van der Waals surface area contributed by atoms with Crippen LogP contribution in [0.25, 0.3) is 0 Å². The van der Waals surface area contributed by atoms with Crippen LogP contribution in [-0.2, 0) is 16.1 Å². The van der Waals surface area contributed by atoms with Crippen molar-refractivity contribution in [2.75, 3.05) is 7.05 Å². The van der Waals surface area contributed by atoms with Crippen molar-refractivity contribution >= 4 is 12.4 Å². The summed E-state index contributed by atoms with van der Waals surface area (Å²) in [4.78, 5) is 21.9. The molecule has 0 bridgehead atoms. The molecule has 0 aromatic heterocycles. The molecule has 5 nitrogen and oxygen atoms in total. The fourth-order valence-corrected chi connectivity index (χ4v) is 1.66. The number of likely N-dealkylation sites (N-methyl/N-ethyl adjacent to an activating group) is 1. The van der Waals surface area contributed by atoms with E-state index in [0.717, 1.165) is 18.4 Å². The van der Waals surface area contributed by atoms with Gasteiger partial charge in [-0.1, -0.05) is 30.3 Å². The molecular formula is C13H18N2O3. The first kappa shape index (κ1) is 14.2. The Balaban J connectivity index is 0.000000492. The molecule has 1 amide bonds. The van der Waals surface area contributed by atoms with E-state index >= 15 is 0 Å². The van der Waals surface area contributed by atoms with Crippen LogP contribution in [0, 0.1) is 0 Å². The summed E-state index contributed by atoms with van der Waals surface area (Å²) in [6, 6.07) is 9.95. The lowest BCUT2D eigenvalue weighted by atomic mass is 10.2. The average Bonchev–Trinajstić information content (AvgIpc) is 3.10. The molecule has 0 radical (unpaired) electrons. The number of carbonyl (C=O) groups excluding carboxylic acids is 1. The Hall–Kier alpha value is -1.88. The van der Waals surface area contributed by atoms with Gasteiger partial charge >= 0.3 is 0 Å².